The Kier molecular flexibility index (Phi) is 6.93. The summed E-state index contributed by atoms with van der Waals surface area (Å²) >= 11 is 0. The Hall–Kier alpha value is -0.800. The summed E-state index contributed by atoms with van der Waals surface area (Å²) in [6.07, 6.45) is 6.23. The van der Waals surface area contributed by atoms with Crippen molar-refractivity contribution in [2.75, 3.05) is 12.9 Å². The molecule has 1 aliphatic rings. The highest BCUT2D eigenvalue weighted by atomic mass is 33.1. The van der Waals surface area contributed by atoms with Crippen molar-refractivity contribution in [1.82, 2.24) is 0 Å². The smallest absolute Gasteiger partial charge is 0.118 e. The van der Waals surface area contributed by atoms with Crippen LogP contribution in [0.4, 0.5) is 0 Å². The van der Waals surface area contributed by atoms with Gasteiger partial charge < -0.3 is 4.74 Å². The first-order valence-electron chi connectivity index (χ1n) is 5.07. The molecular weight excluding hydrogens is 236 g/mol. The molecule has 16 heavy (non-hydrogen) atoms. The highest BCUT2D eigenvalue weighted by molar-refractivity contribution is 8.78. The van der Waals surface area contributed by atoms with Gasteiger partial charge in [-0.3, -0.25) is 0 Å². The molecule has 0 saturated heterocycles. The minimum atomic E-state index is 0.901. The molecule has 0 bridgehead atoms. The number of hydrogen-bond donors (Lipinski definition) is 0. The van der Waals surface area contributed by atoms with Gasteiger partial charge in [-0.2, -0.15) is 0 Å². The zero-order valence-corrected chi connectivity index (χ0v) is 11.2. The van der Waals surface area contributed by atoms with E-state index >= 15 is 0 Å². The van der Waals surface area contributed by atoms with Crippen LogP contribution in [-0.4, -0.2) is 12.9 Å². The van der Waals surface area contributed by atoms with Crippen LogP contribution in [0, 0.1) is 0 Å². The normalized spacial score (nSPS) is 13.6. The summed E-state index contributed by atoms with van der Waals surface area (Å²) < 4.78 is 5.02. The fourth-order valence-corrected chi connectivity index (χ4v) is 2.68. The minimum Gasteiger partial charge on any atom is -0.497 e. The van der Waals surface area contributed by atoms with E-state index in [4.69, 9.17) is 4.74 Å². The van der Waals surface area contributed by atoms with E-state index in [0.717, 1.165) is 5.75 Å². The average molecular weight is 252 g/mol. The molecule has 1 heterocycles. The highest BCUT2D eigenvalue weighted by Crippen LogP contribution is 2.27. The summed E-state index contributed by atoms with van der Waals surface area (Å²) in [5.74, 6) is 2.10. The van der Waals surface area contributed by atoms with Crippen LogP contribution in [0.15, 0.2) is 41.8 Å². The van der Waals surface area contributed by atoms with Gasteiger partial charge in [-0.25, -0.2) is 0 Å². The van der Waals surface area contributed by atoms with Crippen LogP contribution in [0.25, 0.3) is 6.08 Å². The van der Waals surface area contributed by atoms with E-state index in [2.05, 4.69) is 17.6 Å². The van der Waals surface area contributed by atoms with Crippen LogP contribution in [0.5, 0.6) is 5.75 Å². The molecule has 0 spiro atoms. The second kappa shape index (κ2) is 8.36. The number of rotatable bonds is 2. The lowest BCUT2D eigenvalue weighted by atomic mass is 10.2. The third-order valence-electron chi connectivity index (χ3n) is 1.86. The predicted octanol–water partition coefficient (Wildman–Crippen LogP) is 4.62. The maximum Gasteiger partial charge on any atom is 0.118 e. The highest BCUT2D eigenvalue weighted by Gasteiger charge is 1.88. The molecule has 0 atom stereocenters. The average Bonchev–Trinajstić information content (AvgIpc) is 2.89. The third kappa shape index (κ3) is 5.33. The van der Waals surface area contributed by atoms with Gasteiger partial charge in [-0.05, 0) is 30.0 Å². The van der Waals surface area contributed by atoms with Gasteiger partial charge in [-0.15, -0.1) is 0 Å². The first kappa shape index (κ1) is 13.3. The van der Waals surface area contributed by atoms with Gasteiger partial charge in [0.25, 0.3) is 0 Å². The number of ether oxygens (including phenoxy) is 1. The van der Waals surface area contributed by atoms with Crippen molar-refractivity contribution in [3.63, 3.8) is 0 Å². The van der Waals surface area contributed by atoms with Gasteiger partial charge >= 0.3 is 0 Å². The molecule has 0 amide bonds. The lowest BCUT2D eigenvalue weighted by Crippen LogP contribution is -1.80. The van der Waals surface area contributed by atoms with Crippen molar-refractivity contribution >= 4 is 27.7 Å². The van der Waals surface area contributed by atoms with Crippen molar-refractivity contribution in [2.45, 2.75) is 6.92 Å². The lowest BCUT2D eigenvalue weighted by Gasteiger charge is -1.98. The number of hydrogen-bond acceptors (Lipinski definition) is 3. The van der Waals surface area contributed by atoms with Crippen LogP contribution in [0.3, 0.4) is 0 Å². The van der Waals surface area contributed by atoms with E-state index in [1.54, 1.807) is 7.11 Å². The second-order valence-electron chi connectivity index (χ2n) is 3.03. The van der Waals surface area contributed by atoms with Gasteiger partial charge in [0, 0.05) is 5.75 Å². The van der Waals surface area contributed by atoms with E-state index in [9.17, 15) is 0 Å². The fourth-order valence-electron chi connectivity index (χ4n) is 1.10. The van der Waals surface area contributed by atoms with Gasteiger partial charge in [-0.1, -0.05) is 51.9 Å². The third-order valence-corrected chi connectivity index (χ3v) is 3.78. The van der Waals surface area contributed by atoms with Crippen LogP contribution < -0.4 is 4.74 Å². The van der Waals surface area contributed by atoms with Crippen molar-refractivity contribution in [1.29, 1.82) is 0 Å². The molecule has 0 radical (unpaired) electrons. The molecule has 2 rings (SSSR count). The second-order valence-corrected chi connectivity index (χ2v) is 5.34. The predicted molar refractivity (Wildman–Crippen MR) is 76.9 cm³/mol. The summed E-state index contributed by atoms with van der Waals surface area (Å²) in [6, 6.07) is 7.96. The largest absolute Gasteiger partial charge is 0.497 e. The van der Waals surface area contributed by atoms with Crippen LogP contribution in [-0.2, 0) is 0 Å². The molecule has 0 unspecified atom stereocenters. The maximum atomic E-state index is 5.02. The molecule has 1 aromatic rings. The summed E-state index contributed by atoms with van der Waals surface area (Å²) in [5, 5.41) is 2.12. The van der Waals surface area contributed by atoms with E-state index in [1.807, 2.05) is 58.9 Å². The van der Waals surface area contributed by atoms with Crippen molar-refractivity contribution in [3.8, 4) is 5.75 Å². The Balaban J connectivity index is 0.000000212. The summed E-state index contributed by atoms with van der Waals surface area (Å²) in [6.45, 7) is 2.00. The Morgan fingerprint density at radius 2 is 2.00 bits per heavy atom. The number of methoxy groups -OCH3 is 1. The molecule has 1 nitrogen and oxygen atoms in total. The molecule has 0 saturated carbocycles. The zero-order valence-electron chi connectivity index (χ0n) is 9.55. The van der Waals surface area contributed by atoms with Gasteiger partial charge in [0.15, 0.2) is 0 Å². The first-order valence-corrected chi connectivity index (χ1v) is 7.45. The fraction of sp³-hybridized carbons (Fsp3) is 0.231. The molecule has 0 aliphatic carbocycles. The molecular formula is C13H16OS2. The number of benzene rings is 1. The summed E-state index contributed by atoms with van der Waals surface area (Å²) in [5.41, 5.74) is 1.20. The minimum absolute atomic E-state index is 0.901. The Labute approximate surface area is 105 Å². The van der Waals surface area contributed by atoms with Gasteiger partial charge in [0.05, 0.1) is 7.11 Å². The Morgan fingerprint density at radius 3 is 2.38 bits per heavy atom. The van der Waals surface area contributed by atoms with E-state index < -0.39 is 0 Å². The first-order chi connectivity index (χ1) is 7.86. The van der Waals surface area contributed by atoms with E-state index in [1.165, 1.54) is 11.3 Å². The van der Waals surface area contributed by atoms with Crippen LogP contribution in [0.1, 0.15) is 12.5 Å². The van der Waals surface area contributed by atoms with Crippen molar-refractivity contribution < 1.29 is 4.74 Å². The molecule has 3 heteroatoms. The molecule has 86 valence electrons. The van der Waals surface area contributed by atoms with Crippen molar-refractivity contribution in [2.24, 2.45) is 0 Å². The summed E-state index contributed by atoms with van der Waals surface area (Å²) in [4.78, 5) is 0. The zero-order chi connectivity index (χ0) is 11.6. The van der Waals surface area contributed by atoms with E-state index in [0.29, 0.717) is 0 Å². The molecule has 1 aromatic carbocycles. The van der Waals surface area contributed by atoms with E-state index in [-0.39, 0.29) is 0 Å². The van der Waals surface area contributed by atoms with Crippen LogP contribution >= 0.6 is 21.6 Å². The molecule has 1 aliphatic heterocycles. The molecule has 0 aromatic heterocycles. The quantitative estimate of drug-likeness (QED) is 0.711. The standard InChI is InChI=1S/C10H12O.C3H4S2/c1-3-4-9-5-7-10(11-2)8-6-9;1-2-4-5-3-1/h3-8H,1-2H3;1-2H,3H2. The molecule has 0 fully saturated rings. The number of allylic oxidation sites excluding steroid dienone is 1. The molecule has 0 N–H and O–H groups in total. The Morgan fingerprint density at radius 1 is 1.25 bits per heavy atom. The summed E-state index contributed by atoms with van der Waals surface area (Å²) in [7, 11) is 5.36. The monoisotopic (exact) mass is 252 g/mol. The van der Waals surface area contributed by atoms with Gasteiger partial charge in [0.2, 0.25) is 0 Å². The van der Waals surface area contributed by atoms with Crippen LogP contribution in [0.2, 0.25) is 0 Å². The lowest BCUT2D eigenvalue weighted by molar-refractivity contribution is 0.415. The maximum absolute atomic E-state index is 5.02. The van der Waals surface area contributed by atoms with Crippen molar-refractivity contribution in [3.05, 3.63) is 47.4 Å². The Bertz CT molecular complexity index is 335. The SMILES string of the molecule is C1=CSSC1.CC=Cc1ccc(OC)cc1. The van der Waals surface area contributed by atoms with Gasteiger partial charge in [0.1, 0.15) is 5.75 Å². The topological polar surface area (TPSA) is 9.23 Å².